The largest absolute Gasteiger partial charge is 0.376 e. The number of rotatable bonds is 13. The summed E-state index contributed by atoms with van der Waals surface area (Å²) in [6.45, 7) is 13.2. The van der Waals surface area contributed by atoms with Gasteiger partial charge in [-0.3, -0.25) is 24.5 Å². The van der Waals surface area contributed by atoms with Gasteiger partial charge in [0.2, 0.25) is 11.7 Å². The molecule has 12 heteroatoms. The molecule has 1 aromatic rings. The van der Waals surface area contributed by atoms with Crippen LogP contribution >= 0.6 is 0 Å². The van der Waals surface area contributed by atoms with Gasteiger partial charge in [0, 0.05) is 31.9 Å². The number of pyridine rings is 1. The molecule has 2 rings (SSSR count). The summed E-state index contributed by atoms with van der Waals surface area (Å²) in [4.78, 5) is 64.4. The van der Waals surface area contributed by atoms with E-state index in [0.29, 0.717) is 19.4 Å². The van der Waals surface area contributed by atoms with Crippen LogP contribution in [0.3, 0.4) is 0 Å². The van der Waals surface area contributed by atoms with Crippen molar-refractivity contribution in [3.8, 4) is 0 Å². The van der Waals surface area contributed by atoms with E-state index in [1.807, 2.05) is 34.6 Å². The Kier molecular flexibility index (Phi) is 12.1. The Hall–Kier alpha value is -3.51. The minimum atomic E-state index is -1.24. The van der Waals surface area contributed by atoms with Gasteiger partial charge in [-0.15, -0.1) is 6.58 Å². The predicted octanol–water partition coefficient (Wildman–Crippen LogP) is 0.357. The average Bonchev–Trinajstić information content (AvgIpc) is 3.38. The molecule has 1 fully saturated rings. The highest BCUT2D eigenvalue weighted by Crippen LogP contribution is 2.26. The van der Waals surface area contributed by atoms with Crippen molar-refractivity contribution >= 4 is 23.6 Å². The third-order valence-electron chi connectivity index (χ3n) is 6.88. The molecule has 1 saturated heterocycles. The van der Waals surface area contributed by atoms with Crippen LogP contribution in [-0.2, 0) is 20.9 Å². The molecule has 0 spiro atoms. The third kappa shape index (κ3) is 9.30. The van der Waals surface area contributed by atoms with E-state index in [1.165, 1.54) is 21.6 Å². The number of Topliss-reactive ketones (excluding diaryl/α,β-unsaturated/α-hetero) is 1. The first-order chi connectivity index (χ1) is 18.8. The lowest BCUT2D eigenvalue weighted by Crippen LogP contribution is -2.61. The van der Waals surface area contributed by atoms with Crippen molar-refractivity contribution in [2.75, 3.05) is 19.6 Å². The number of aliphatic hydroxyl groups is 1. The molecule has 0 radical (unpaired) electrons. The van der Waals surface area contributed by atoms with E-state index in [4.69, 9.17) is 0 Å². The lowest BCUT2D eigenvalue weighted by molar-refractivity contribution is -0.140. The van der Waals surface area contributed by atoms with Crippen LogP contribution in [0.1, 0.15) is 47.5 Å². The van der Waals surface area contributed by atoms with Crippen molar-refractivity contribution < 1.29 is 24.3 Å². The SMILES string of the molecule is C=CCNC(=O)C(=O)CNC(O)[C@@H]1CCCN1C(=O)[C@@H](NC(=O)N[C@H](Cn1ccccc1=O)C(C)C)C(C)(C)C. The summed E-state index contributed by atoms with van der Waals surface area (Å²) in [6, 6.07) is 2.38. The first-order valence-electron chi connectivity index (χ1n) is 13.6. The molecule has 1 aliphatic rings. The van der Waals surface area contributed by atoms with Gasteiger partial charge < -0.3 is 30.5 Å². The molecule has 1 aromatic heterocycles. The first-order valence-corrected chi connectivity index (χ1v) is 13.6. The smallest absolute Gasteiger partial charge is 0.315 e. The molecule has 40 heavy (non-hydrogen) atoms. The van der Waals surface area contributed by atoms with Gasteiger partial charge in [-0.1, -0.05) is 46.8 Å². The Balaban J connectivity index is 2.08. The summed E-state index contributed by atoms with van der Waals surface area (Å²) in [7, 11) is 0. The molecule has 5 N–H and O–H groups in total. The molecule has 0 saturated carbocycles. The highest BCUT2D eigenvalue weighted by Gasteiger charge is 2.42. The molecule has 1 unspecified atom stereocenters. The van der Waals surface area contributed by atoms with Crippen LogP contribution in [0.4, 0.5) is 4.79 Å². The Labute approximate surface area is 235 Å². The molecular formula is C28H44N6O6. The summed E-state index contributed by atoms with van der Waals surface area (Å²) in [5, 5.41) is 21.5. The highest BCUT2D eigenvalue weighted by atomic mass is 16.3. The molecule has 0 bridgehead atoms. The average molecular weight is 561 g/mol. The van der Waals surface area contributed by atoms with Gasteiger partial charge in [-0.2, -0.15) is 0 Å². The number of nitrogens with zero attached hydrogens (tertiary/aromatic N) is 2. The maximum absolute atomic E-state index is 13.7. The maximum Gasteiger partial charge on any atom is 0.315 e. The summed E-state index contributed by atoms with van der Waals surface area (Å²) in [5.41, 5.74) is -0.840. The standard InChI is InChI=1S/C28H44N6O6/c1-7-13-29-25(38)21(35)16-30-24(37)20-11-10-15-34(20)26(39)23(28(4,5)6)32-27(40)31-19(18(2)3)17-33-14-9-8-12-22(33)36/h7-9,12,14,18-20,23-24,30,37H,1,10-11,13,15-17H2,2-6H3,(H,29,38)(H2,31,32,40)/t19-,20+,23-,24?/m1/s1. The minimum absolute atomic E-state index is 0.00684. The van der Waals surface area contributed by atoms with E-state index < -0.39 is 48.0 Å². The number of urea groups is 1. The number of aliphatic hydroxyl groups excluding tert-OH is 1. The quantitative estimate of drug-likeness (QED) is 0.132. The Morgan fingerprint density at radius 1 is 1.18 bits per heavy atom. The fourth-order valence-electron chi connectivity index (χ4n) is 4.47. The van der Waals surface area contributed by atoms with Crippen molar-refractivity contribution in [2.24, 2.45) is 11.3 Å². The molecule has 12 nitrogen and oxygen atoms in total. The second-order valence-corrected chi connectivity index (χ2v) is 11.4. The topological polar surface area (TPSA) is 162 Å². The normalized spacial score (nSPS) is 17.6. The minimum Gasteiger partial charge on any atom is -0.376 e. The number of likely N-dealkylation sites (tertiary alicyclic amines) is 1. The van der Waals surface area contributed by atoms with Crippen LogP contribution in [-0.4, -0.2) is 82.2 Å². The summed E-state index contributed by atoms with van der Waals surface area (Å²) in [5.74, 6) is -1.90. The van der Waals surface area contributed by atoms with Gasteiger partial charge in [0.05, 0.1) is 18.6 Å². The molecule has 1 aliphatic heterocycles. The van der Waals surface area contributed by atoms with Gasteiger partial charge in [0.25, 0.3) is 11.5 Å². The number of ketones is 1. The zero-order chi connectivity index (χ0) is 30.0. The maximum atomic E-state index is 13.7. The van der Waals surface area contributed by atoms with Crippen LogP contribution in [0, 0.1) is 11.3 Å². The van der Waals surface area contributed by atoms with Gasteiger partial charge in [0.15, 0.2) is 0 Å². The van der Waals surface area contributed by atoms with Gasteiger partial charge in [-0.05, 0) is 30.2 Å². The number of nitrogens with one attached hydrogen (secondary N) is 4. The van der Waals surface area contributed by atoms with Crippen molar-refractivity contribution in [3.63, 3.8) is 0 Å². The number of aromatic nitrogens is 1. The second kappa shape index (κ2) is 14.8. The van der Waals surface area contributed by atoms with E-state index in [-0.39, 0.29) is 36.5 Å². The van der Waals surface area contributed by atoms with Gasteiger partial charge in [-0.25, -0.2) is 4.79 Å². The lowest BCUT2D eigenvalue weighted by Gasteiger charge is -2.37. The fourth-order valence-corrected chi connectivity index (χ4v) is 4.47. The number of carbonyl (C=O) groups is 4. The lowest BCUT2D eigenvalue weighted by atomic mass is 9.85. The number of hydrogen-bond donors (Lipinski definition) is 5. The molecular weight excluding hydrogens is 516 g/mol. The summed E-state index contributed by atoms with van der Waals surface area (Å²) >= 11 is 0. The molecule has 2 heterocycles. The van der Waals surface area contributed by atoms with E-state index in [2.05, 4.69) is 27.8 Å². The van der Waals surface area contributed by atoms with Crippen LogP contribution in [0.5, 0.6) is 0 Å². The Morgan fingerprint density at radius 3 is 2.48 bits per heavy atom. The third-order valence-corrected chi connectivity index (χ3v) is 6.88. The van der Waals surface area contributed by atoms with Crippen LogP contribution in [0.25, 0.3) is 0 Å². The molecule has 0 aromatic carbocycles. The van der Waals surface area contributed by atoms with Crippen LogP contribution in [0.15, 0.2) is 41.8 Å². The summed E-state index contributed by atoms with van der Waals surface area (Å²) < 4.78 is 1.52. The monoisotopic (exact) mass is 560 g/mol. The first kappa shape index (κ1) is 32.7. The van der Waals surface area contributed by atoms with Crippen LogP contribution < -0.4 is 26.8 Å². The number of hydrogen-bond acceptors (Lipinski definition) is 7. The number of amides is 4. The van der Waals surface area contributed by atoms with E-state index in [1.54, 1.807) is 18.3 Å². The second-order valence-electron chi connectivity index (χ2n) is 11.4. The van der Waals surface area contributed by atoms with E-state index in [0.717, 1.165) is 0 Å². The van der Waals surface area contributed by atoms with Crippen molar-refractivity contribution in [3.05, 3.63) is 47.4 Å². The Bertz CT molecular complexity index is 1110. The van der Waals surface area contributed by atoms with Gasteiger partial charge in [0.1, 0.15) is 12.3 Å². The number of carbonyl (C=O) groups excluding carboxylic acids is 4. The van der Waals surface area contributed by atoms with Crippen molar-refractivity contribution in [1.29, 1.82) is 0 Å². The zero-order valence-corrected chi connectivity index (χ0v) is 24.1. The molecule has 0 aliphatic carbocycles. The van der Waals surface area contributed by atoms with Gasteiger partial charge >= 0.3 is 6.03 Å². The van der Waals surface area contributed by atoms with Crippen molar-refractivity contribution in [1.82, 2.24) is 30.7 Å². The van der Waals surface area contributed by atoms with E-state index in [9.17, 15) is 29.1 Å². The Morgan fingerprint density at radius 2 is 1.88 bits per heavy atom. The highest BCUT2D eigenvalue weighted by molar-refractivity contribution is 6.37. The van der Waals surface area contributed by atoms with Crippen LogP contribution in [0.2, 0.25) is 0 Å². The zero-order valence-electron chi connectivity index (χ0n) is 24.1. The fraction of sp³-hybridized carbons (Fsp3) is 0.607. The molecule has 4 amide bonds. The predicted molar refractivity (Wildman–Crippen MR) is 151 cm³/mol. The van der Waals surface area contributed by atoms with Crippen molar-refractivity contribution in [2.45, 2.75) is 78.4 Å². The van der Waals surface area contributed by atoms with E-state index >= 15 is 0 Å². The molecule has 222 valence electrons. The summed E-state index contributed by atoms with van der Waals surface area (Å²) in [6.07, 6.45) is 2.98. The molecule has 4 atom stereocenters.